The lowest BCUT2D eigenvalue weighted by Crippen LogP contribution is -2.55. The van der Waals surface area contributed by atoms with Gasteiger partial charge in [0.15, 0.2) is 0 Å². The average Bonchev–Trinajstić information content (AvgIpc) is 2.75. The van der Waals surface area contributed by atoms with Crippen molar-refractivity contribution >= 4 is 11.9 Å². The number of hydrogen-bond donors (Lipinski definition) is 1. The van der Waals surface area contributed by atoms with Crippen molar-refractivity contribution in [2.24, 2.45) is 35.0 Å². The van der Waals surface area contributed by atoms with Gasteiger partial charge in [0.05, 0.1) is 7.11 Å². The molecule has 1 amide bonds. The lowest BCUT2D eigenvalue weighted by Gasteiger charge is -2.51. The van der Waals surface area contributed by atoms with E-state index in [1.807, 2.05) is 13.8 Å². The number of esters is 1. The summed E-state index contributed by atoms with van der Waals surface area (Å²) in [5.74, 6) is 1.88. The van der Waals surface area contributed by atoms with E-state index in [-0.39, 0.29) is 17.8 Å². The number of hydrogen-bond acceptors (Lipinski definition) is 3. The lowest BCUT2D eigenvalue weighted by molar-refractivity contribution is -0.150. The standard InChI is InChI=1S/C26H41NO3/c1-7-17(4)23(24(28)30-6)27-25(29)26(5)14-8-9-21-20-12-10-18(16(2)3)15-19(20)11-13-22(21)26/h11,15-17,20-23H,7-10,12-14H2,1-6H3,(H,27,29)/t17?,20-,21+,22+,23-,26+/m0/s1. The Bertz CT molecular complexity index is 722. The molecule has 3 aliphatic rings. The summed E-state index contributed by atoms with van der Waals surface area (Å²) in [5, 5.41) is 3.11. The molecule has 6 atom stereocenters. The first-order chi connectivity index (χ1) is 14.2. The fraction of sp³-hybridized carbons (Fsp3) is 0.769. The molecule has 1 saturated carbocycles. The molecule has 0 aromatic heterocycles. The largest absolute Gasteiger partial charge is 0.467 e. The summed E-state index contributed by atoms with van der Waals surface area (Å²) >= 11 is 0. The Morgan fingerprint density at radius 1 is 1.27 bits per heavy atom. The summed E-state index contributed by atoms with van der Waals surface area (Å²) in [6.45, 7) is 10.8. The second-order valence-corrected chi connectivity index (χ2v) is 10.4. The average molecular weight is 416 g/mol. The quantitative estimate of drug-likeness (QED) is 0.588. The van der Waals surface area contributed by atoms with Gasteiger partial charge in [-0.15, -0.1) is 0 Å². The predicted molar refractivity (Wildman–Crippen MR) is 121 cm³/mol. The third-order valence-corrected chi connectivity index (χ3v) is 8.43. The molecule has 0 heterocycles. The third kappa shape index (κ3) is 4.24. The second-order valence-electron chi connectivity index (χ2n) is 10.4. The number of amides is 1. The van der Waals surface area contributed by atoms with Gasteiger partial charge in [-0.1, -0.05) is 65.2 Å². The number of rotatable bonds is 6. The van der Waals surface area contributed by atoms with E-state index in [0.717, 1.165) is 25.7 Å². The Kier molecular flexibility index (Phi) is 7.14. The van der Waals surface area contributed by atoms with Crippen LogP contribution in [-0.4, -0.2) is 25.0 Å². The van der Waals surface area contributed by atoms with E-state index in [1.165, 1.54) is 31.9 Å². The maximum atomic E-state index is 13.6. The molecule has 30 heavy (non-hydrogen) atoms. The molecule has 0 spiro atoms. The smallest absolute Gasteiger partial charge is 0.328 e. The topological polar surface area (TPSA) is 55.4 Å². The van der Waals surface area contributed by atoms with Gasteiger partial charge in [0.2, 0.25) is 5.91 Å². The molecule has 1 unspecified atom stereocenters. The second kappa shape index (κ2) is 9.28. The van der Waals surface area contributed by atoms with Crippen LogP contribution in [0.1, 0.15) is 79.6 Å². The normalized spacial score (nSPS) is 32.8. The first-order valence-electron chi connectivity index (χ1n) is 12.0. The molecule has 4 nitrogen and oxygen atoms in total. The van der Waals surface area contributed by atoms with Crippen LogP contribution in [0.5, 0.6) is 0 Å². The van der Waals surface area contributed by atoms with Gasteiger partial charge in [-0.2, -0.15) is 0 Å². The molecule has 1 fully saturated rings. The summed E-state index contributed by atoms with van der Waals surface area (Å²) < 4.78 is 4.99. The molecule has 1 N–H and O–H groups in total. The van der Waals surface area contributed by atoms with Crippen LogP contribution >= 0.6 is 0 Å². The van der Waals surface area contributed by atoms with E-state index < -0.39 is 11.5 Å². The van der Waals surface area contributed by atoms with Gasteiger partial charge >= 0.3 is 5.97 Å². The van der Waals surface area contributed by atoms with E-state index in [2.05, 4.69) is 38.2 Å². The summed E-state index contributed by atoms with van der Waals surface area (Å²) in [6.07, 6.45) is 12.3. The van der Waals surface area contributed by atoms with E-state index in [4.69, 9.17) is 4.74 Å². The minimum absolute atomic E-state index is 0.0407. The number of carbonyl (C=O) groups excluding carboxylic acids is 2. The van der Waals surface area contributed by atoms with Gasteiger partial charge in [-0.25, -0.2) is 4.79 Å². The van der Waals surface area contributed by atoms with Crippen molar-refractivity contribution in [1.29, 1.82) is 0 Å². The summed E-state index contributed by atoms with van der Waals surface area (Å²) in [6, 6.07) is -0.564. The van der Waals surface area contributed by atoms with Crippen LogP contribution in [-0.2, 0) is 14.3 Å². The van der Waals surface area contributed by atoms with E-state index in [9.17, 15) is 9.59 Å². The van der Waals surface area contributed by atoms with Crippen LogP contribution in [0, 0.1) is 35.0 Å². The fourth-order valence-electron chi connectivity index (χ4n) is 6.14. The Labute approximate surface area is 182 Å². The van der Waals surface area contributed by atoms with Gasteiger partial charge in [0.25, 0.3) is 0 Å². The SMILES string of the molecule is CCC(C)[C@H](NC(=O)[C@]1(C)CCC[C@H]2[C@H]1CC=C1C=C(C(C)C)CC[C@@H]12)C(=O)OC. The number of carbonyl (C=O) groups is 2. The van der Waals surface area contributed by atoms with Crippen LogP contribution in [0.15, 0.2) is 23.3 Å². The minimum Gasteiger partial charge on any atom is -0.467 e. The van der Waals surface area contributed by atoms with Crippen molar-refractivity contribution < 1.29 is 14.3 Å². The van der Waals surface area contributed by atoms with Crippen LogP contribution < -0.4 is 5.32 Å². The molecule has 3 aliphatic carbocycles. The Hall–Kier alpha value is -1.58. The van der Waals surface area contributed by atoms with Gasteiger partial charge in [0, 0.05) is 5.41 Å². The maximum absolute atomic E-state index is 13.6. The highest BCUT2D eigenvalue weighted by Crippen LogP contribution is 2.55. The molecular formula is C26H41NO3. The zero-order chi connectivity index (χ0) is 22.1. The Morgan fingerprint density at radius 3 is 2.63 bits per heavy atom. The molecule has 0 bridgehead atoms. The first-order valence-corrected chi connectivity index (χ1v) is 12.0. The lowest BCUT2D eigenvalue weighted by atomic mass is 9.53. The molecule has 0 aromatic rings. The highest BCUT2D eigenvalue weighted by molar-refractivity contribution is 5.88. The highest BCUT2D eigenvalue weighted by Gasteiger charge is 2.51. The molecule has 3 rings (SSSR count). The molecule has 0 aliphatic heterocycles. The fourth-order valence-corrected chi connectivity index (χ4v) is 6.14. The molecule has 0 aromatic carbocycles. The molecule has 168 valence electrons. The van der Waals surface area contributed by atoms with Crippen LogP contribution in [0.3, 0.4) is 0 Å². The highest BCUT2D eigenvalue weighted by atomic mass is 16.5. The number of fused-ring (bicyclic) bond motifs is 3. The molecule has 0 radical (unpaired) electrons. The Morgan fingerprint density at radius 2 is 2.00 bits per heavy atom. The number of methoxy groups -OCH3 is 1. The number of nitrogens with one attached hydrogen (secondary N) is 1. The van der Waals surface area contributed by atoms with Crippen molar-refractivity contribution in [1.82, 2.24) is 5.32 Å². The van der Waals surface area contributed by atoms with Gasteiger partial charge < -0.3 is 10.1 Å². The molecule has 4 heteroatoms. The maximum Gasteiger partial charge on any atom is 0.328 e. The number of allylic oxidation sites excluding steroid dienone is 4. The van der Waals surface area contributed by atoms with Gasteiger partial charge in [-0.05, 0) is 67.3 Å². The number of ether oxygens (including phenoxy) is 1. The first kappa shape index (κ1) is 23.1. The monoisotopic (exact) mass is 415 g/mol. The van der Waals surface area contributed by atoms with E-state index >= 15 is 0 Å². The molecule has 0 saturated heterocycles. The van der Waals surface area contributed by atoms with Crippen molar-refractivity contribution in [2.75, 3.05) is 7.11 Å². The summed E-state index contributed by atoms with van der Waals surface area (Å²) in [7, 11) is 1.40. The van der Waals surface area contributed by atoms with E-state index in [1.54, 1.807) is 5.57 Å². The van der Waals surface area contributed by atoms with Gasteiger partial charge in [-0.3, -0.25) is 4.79 Å². The molecular weight excluding hydrogens is 374 g/mol. The zero-order valence-electron chi connectivity index (χ0n) is 19.8. The summed E-state index contributed by atoms with van der Waals surface area (Å²) in [5.41, 5.74) is 2.66. The zero-order valence-corrected chi connectivity index (χ0v) is 19.8. The minimum atomic E-state index is -0.564. The van der Waals surface area contributed by atoms with Crippen molar-refractivity contribution in [3.8, 4) is 0 Å². The van der Waals surface area contributed by atoms with Crippen LogP contribution in [0.25, 0.3) is 0 Å². The van der Waals surface area contributed by atoms with Crippen molar-refractivity contribution in [3.63, 3.8) is 0 Å². The Balaban J connectivity index is 1.83. The van der Waals surface area contributed by atoms with Crippen LogP contribution in [0.4, 0.5) is 0 Å². The third-order valence-electron chi connectivity index (χ3n) is 8.43. The van der Waals surface area contributed by atoms with Crippen molar-refractivity contribution in [2.45, 2.75) is 85.6 Å². The summed E-state index contributed by atoms with van der Waals surface area (Å²) in [4.78, 5) is 25.9. The van der Waals surface area contributed by atoms with Crippen molar-refractivity contribution in [3.05, 3.63) is 23.3 Å². The van der Waals surface area contributed by atoms with E-state index in [0.29, 0.717) is 23.7 Å². The predicted octanol–water partition coefficient (Wildman–Crippen LogP) is 5.44. The van der Waals surface area contributed by atoms with Gasteiger partial charge in [0.1, 0.15) is 6.04 Å². The van der Waals surface area contributed by atoms with Crippen LogP contribution in [0.2, 0.25) is 0 Å².